The van der Waals surface area contributed by atoms with E-state index in [1.807, 2.05) is 58.2 Å². The molecule has 0 bridgehead atoms. The quantitative estimate of drug-likeness (QED) is 0.0197. The van der Waals surface area contributed by atoms with Crippen LogP contribution in [0, 0.1) is 69.5 Å². The van der Waals surface area contributed by atoms with Gasteiger partial charge < -0.3 is 80.2 Å². The van der Waals surface area contributed by atoms with Gasteiger partial charge in [0.05, 0.1) is 42.4 Å². The number of benzene rings is 5. The highest BCUT2D eigenvalue weighted by Gasteiger charge is 2.31. The number of primary amides is 1. The molecular weight excluding hydrogens is 1660 g/mol. The third-order valence-electron chi connectivity index (χ3n) is 20.3. The summed E-state index contributed by atoms with van der Waals surface area (Å²) in [6, 6.07) is 30.9. The van der Waals surface area contributed by atoms with Gasteiger partial charge in [-0.1, -0.05) is 12.1 Å². The van der Waals surface area contributed by atoms with E-state index in [1.165, 1.54) is 63.1 Å². The number of carbonyl (C=O) groups excluding carboxylic acids is 5. The molecule has 4 fully saturated rings. The average Bonchev–Trinajstić information content (AvgIpc) is 1.66. The average molecular weight is 1750 g/mol. The largest absolute Gasteiger partial charge is 0.373 e. The van der Waals surface area contributed by atoms with E-state index in [9.17, 15) is 50.3 Å². The Morgan fingerprint density at radius 3 is 0.891 bits per heavy atom. The number of nitrogens with two attached hydrogens (primary N) is 1. The number of aromatic nitrogens is 15. The number of anilines is 15. The summed E-state index contributed by atoms with van der Waals surface area (Å²) in [5, 5.41) is 62.8. The van der Waals surface area contributed by atoms with Crippen molar-refractivity contribution < 1.29 is 50.3 Å². The highest BCUT2D eigenvalue weighted by atomic mass is 19.2. The lowest BCUT2D eigenvalue weighted by Gasteiger charge is -2.11. The summed E-state index contributed by atoms with van der Waals surface area (Å²) < 4.78 is 89.4. The molecule has 128 heavy (non-hydrogen) atoms. The molecule has 660 valence electrons. The first-order valence-corrected chi connectivity index (χ1v) is 40.8. The third-order valence-corrected chi connectivity index (χ3v) is 20.3. The van der Waals surface area contributed by atoms with Gasteiger partial charge in [0.15, 0.2) is 39.9 Å². The Hall–Kier alpha value is -15.9. The number of hydrogen-bond acceptors (Lipinski definition) is 25. The number of carbonyl (C=O) groups is 5. The molecule has 0 unspecified atom stereocenters. The number of hydrogen-bond donors (Lipinski definition) is 15. The predicted molar refractivity (Wildman–Crippen MR) is 475 cm³/mol. The van der Waals surface area contributed by atoms with E-state index in [4.69, 9.17) is 5.73 Å². The maximum absolute atomic E-state index is 13.9. The number of nitrogens with zero attached hydrogens (tertiary/aromatic N) is 15. The van der Waals surface area contributed by atoms with Crippen LogP contribution in [0.2, 0.25) is 0 Å². The molecule has 19 rings (SSSR count). The normalized spacial score (nSPS) is 13.1. The van der Waals surface area contributed by atoms with Crippen LogP contribution in [0.25, 0.3) is 28.2 Å². The van der Waals surface area contributed by atoms with Crippen LogP contribution < -0.4 is 80.2 Å². The molecule has 15 aromatic rings. The molecule has 0 aliphatic heterocycles. The molecule has 16 N–H and O–H groups in total. The zero-order valence-electron chi connectivity index (χ0n) is 70.9. The van der Waals surface area contributed by atoms with Crippen molar-refractivity contribution in [2.24, 2.45) is 5.73 Å². The molecular formula is C87H90F6N30O5. The van der Waals surface area contributed by atoms with Crippen molar-refractivity contribution in [3.63, 3.8) is 0 Å². The second-order valence-corrected chi connectivity index (χ2v) is 31.0. The van der Waals surface area contributed by atoms with Gasteiger partial charge in [0.1, 0.15) is 109 Å². The molecule has 10 heterocycles. The molecule has 4 saturated carbocycles. The molecule has 5 aromatic carbocycles. The third kappa shape index (κ3) is 20.6. The van der Waals surface area contributed by atoms with Crippen molar-refractivity contribution in [1.29, 1.82) is 0 Å². The van der Waals surface area contributed by atoms with Gasteiger partial charge in [0.25, 0.3) is 29.5 Å². The zero-order valence-corrected chi connectivity index (χ0v) is 70.9. The Labute approximate surface area is 726 Å². The summed E-state index contributed by atoms with van der Waals surface area (Å²) in [4.78, 5) is 83.4. The van der Waals surface area contributed by atoms with Gasteiger partial charge >= 0.3 is 0 Å². The second-order valence-electron chi connectivity index (χ2n) is 31.0. The number of fused-ring (bicyclic) bond motifs is 5. The van der Waals surface area contributed by atoms with Crippen LogP contribution in [0.4, 0.5) is 113 Å². The fourth-order valence-corrected chi connectivity index (χ4v) is 13.7. The van der Waals surface area contributed by atoms with Crippen molar-refractivity contribution in [1.82, 2.24) is 94.3 Å². The van der Waals surface area contributed by atoms with E-state index < -0.39 is 40.7 Å². The standard InChI is InChI=1S/C19H22N6O.C18H19FN6O.C17H15F3N6O.C17H16F2N6O.C16H18N6O/c1-11-6-12(2)8-14(7-11)22-16-9-17(20-3)25-18(24-16)15(10-21-25)19(26)23-13-4-5-13;1-10-5-11(19)7-13(6-10)22-15-8-16(20-2)25-17(24-15)14(9-21-25)18(26)23-12-3-4-12;1-21-14-6-13(24-12-5-8(18)4-11(19)15(12)20)25-16-10(7-22-26(14)16)17(27)23-9-2-3-9;1-20-15-7-14(23-13-6-9(18)2-5-12(13)19)24-16-11(8-21-25(15)16)17(26)22-10-3-4-10;1-9-4-10(2)6-11(5-9)20-13-7-14(18-3)22-16(21-13)12(8-19-22)15(17)23/h6-10,13,20H,4-5H2,1-3H3,(H,22,24)(H,23,26);5-9,12,20H,3-4H2,1-2H3,(H,22,24)(H,23,26);4-7,9,21H,2-3H2,1H3,(H,23,27)(H,24,25);2,5-8,10,20H,3-4H2,1H3,(H,22,26)(H,23,24);4-8,18H,1-3H3,(H2,17,23)(H,20,21). The molecule has 0 saturated heterocycles. The molecule has 35 nitrogen and oxygen atoms in total. The van der Waals surface area contributed by atoms with Crippen LogP contribution in [0.1, 0.15) is 131 Å². The second kappa shape index (κ2) is 37.3. The van der Waals surface area contributed by atoms with Crippen LogP contribution in [0.5, 0.6) is 0 Å². The SMILES string of the molecule is CNc1cc(Nc2cc(C)cc(C)c2)nc2c(C(=O)NC3CC3)cnn12.CNc1cc(Nc2cc(C)cc(C)c2)nc2c(C(N)=O)cnn12.CNc1cc(Nc2cc(C)cc(F)c2)nc2c(C(=O)NC3CC3)cnn12.CNc1cc(Nc2cc(F)cc(F)c2F)nc2c(C(=O)NC3CC3)cnn12.CNc1cc(Nc2cc(F)ccc2F)nc2c(C(=O)NC3CC3)cnn12. The van der Waals surface area contributed by atoms with E-state index in [1.54, 1.807) is 60.1 Å². The minimum Gasteiger partial charge on any atom is -0.373 e. The molecule has 0 radical (unpaired) electrons. The fraction of sp³-hybridized carbons (Fsp3) is 0.253. The number of nitrogens with one attached hydrogen (secondary N) is 14. The fourth-order valence-electron chi connectivity index (χ4n) is 13.7. The summed E-state index contributed by atoms with van der Waals surface area (Å²) in [6.45, 7) is 10.0. The number of rotatable bonds is 24. The maximum atomic E-state index is 13.9. The van der Waals surface area contributed by atoms with E-state index in [0.717, 1.165) is 110 Å². The summed E-state index contributed by atoms with van der Waals surface area (Å²) >= 11 is 0. The minimum absolute atomic E-state index is 0.0487. The number of aryl methyl sites for hydroxylation is 5. The van der Waals surface area contributed by atoms with Gasteiger partial charge in [0.2, 0.25) is 0 Å². The highest BCUT2D eigenvalue weighted by molar-refractivity contribution is 6.03. The summed E-state index contributed by atoms with van der Waals surface area (Å²) in [7, 11) is 8.68. The lowest BCUT2D eigenvalue weighted by atomic mass is 10.1. The number of halogens is 6. The molecule has 0 atom stereocenters. The Morgan fingerprint density at radius 1 is 0.312 bits per heavy atom. The molecule has 4 aliphatic carbocycles. The molecule has 4 aliphatic rings. The van der Waals surface area contributed by atoms with E-state index in [0.29, 0.717) is 91.8 Å². The number of amides is 5. The first-order chi connectivity index (χ1) is 61.5. The van der Waals surface area contributed by atoms with Crippen LogP contribution in [0.15, 0.2) is 146 Å². The van der Waals surface area contributed by atoms with Crippen LogP contribution in [-0.2, 0) is 0 Å². The van der Waals surface area contributed by atoms with Gasteiger partial charge in [-0.15, -0.1) is 0 Å². The van der Waals surface area contributed by atoms with Crippen molar-refractivity contribution in [2.45, 2.75) is 110 Å². The van der Waals surface area contributed by atoms with E-state index >= 15 is 0 Å². The summed E-state index contributed by atoms with van der Waals surface area (Å²) in [5.41, 5.74) is 16.5. The molecule has 10 aromatic heterocycles. The molecule has 0 spiro atoms. The smallest absolute Gasteiger partial charge is 0.256 e. The van der Waals surface area contributed by atoms with Gasteiger partial charge in [-0.2, -0.15) is 48.1 Å². The summed E-state index contributed by atoms with van der Waals surface area (Å²) in [6.07, 6.45) is 15.2. The van der Waals surface area contributed by atoms with E-state index in [2.05, 4.69) is 163 Å². The van der Waals surface area contributed by atoms with Gasteiger partial charge in [-0.25, -0.2) is 51.3 Å². The lowest BCUT2D eigenvalue weighted by Crippen LogP contribution is -2.25. The van der Waals surface area contributed by atoms with Crippen LogP contribution in [-0.4, -0.2) is 162 Å². The molecule has 5 amide bonds. The van der Waals surface area contributed by atoms with Crippen LogP contribution >= 0.6 is 0 Å². The Kier molecular flexibility index (Phi) is 25.4. The monoisotopic (exact) mass is 1750 g/mol. The highest BCUT2D eigenvalue weighted by Crippen LogP contribution is 2.33. The summed E-state index contributed by atoms with van der Waals surface area (Å²) in [5.74, 6) is -1.20. The first kappa shape index (κ1) is 87.0. The van der Waals surface area contributed by atoms with Crippen molar-refractivity contribution in [3.8, 4) is 0 Å². The van der Waals surface area contributed by atoms with Crippen molar-refractivity contribution in [2.75, 3.05) is 88.4 Å². The predicted octanol–water partition coefficient (Wildman–Crippen LogP) is 13.6. The van der Waals surface area contributed by atoms with E-state index in [-0.39, 0.29) is 87.7 Å². The minimum atomic E-state index is -1.32. The van der Waals surface area contributed by atoms with Gasteiger partial charge in [-0.05, 0) is 168 Å². The topological polar surface area (TPSA) is 431 Å². The Balaban J connectivity index is 0.000000123. The Morgan fingerprint density at radius 2 is 0.586 bits per heavy atom. The molecule has 41 heteroatoms. The maximum Gasteiger partial charge on any atom is 0.256 e. The van der Waals surface area contributed by atoms with Crippen molar-refractivity contribution in [3.05, 3.63) is 237 Å². The van der Waals surface area contributed by atoms with Crippen LogP contribution in [0.3, 0.4) is 0 Å². The van der Waals surface area contributed by atoms with Gasteiger partial charge in [0, 0.05) is 125 Å². The first-order valence-electron chi connectivity index (χ1n) is 40.8. The lowest BCUT2D eigenvalue weighted by molar-refractivity contribution is 0.0944. The Bertz CT molecular complexity index is 6570. The van der Waals surface area contributed by atoms with Crippen molar-refractivity contribution >= 4 is 144 Å². The van der Waals surface area contributed by atoms with Gasteiger partial charge in [-0.3, -0.25) is 24.0 Å². The zero-order chi connectivity index (χ0) is 90.5.